The van der Waals surface area contributed by atoms with E-state index in [9.17, 15) is 18.7 Å². The van der Waals surface area contributed by atoms with Gasteiger partial charge in [-0.3, -0.25) is 4.79 Å². The summed E-state index contributed by atoms with van der Waals surface area (Å²) in [6, 6.07) is 0. The van der Waals surface area contributed by atoms with Gasteiger partial charge in [0.1, 0.15) is 5.41 Å². The Morgan fingerprint density at radius 3 is 2.60 bits per heavy atom. The number of hydrogen-bond acceptors (Lipinski definition) is 2. The van der Waals surface area contributed by atoms with Crippen molar-refractivity contribution in [2.24, 2.45) is 5.41 Å². The topological polar surface area (TPSA) is 40.5 Å². The van der Waals surface area contributed by atoms with Gasteiger partial charge in [-0.05, 0) is 26.7 Å². The van der Waals surface area contributed by atoms with E-state index in [0.29, 0.717) is 19.4 Å². The summed E-state index contributed by atoms with van der Waals surface area (Å²) in [7, 11) is 0. The van der Waals surface area contributed by atoms with Crippen molar-refractivity contribution in [2.45, 2.75) is 39.2 Å². The molecule has 1 N–H and O–H groups in total. The maximum absolute atomic E-state index is 12.6. The Kier molecular flexibility index (Phi) is 3.65. The standard InChI is InChI=1S/C10H17F2NO2/c1-10(2,8(11)12)9(15)13-5-3-4-7(14)6-13/h7-8,14H,3-6H2,1-2H3/t7-/m0/s1. The predicted octanol–water partition coefficient (Wildman–Crippen LogP) is 1.26. The van der Waals surface area contributed by atoms with E-state index in [-0.39, 0.29) is 6.54 Å². The van der Waals surface area contributed by atoms with Crippen LogP contribution in [-0.4, -0.2) is 41.5 Å². The van der Waals surface area contributed by atoms with Crippen LogP contribution >= 0.6 is 0 Å². The Balaban J connectivity index is 2.67. The Morgan fingerprint density at radius 2 is 2.13 bits per heavy atom. The second-order valence-corrected chi connectivity index (χ2v) is 4.57. The molecule has 0 unspecified atom stereocenters. The zero-order valence-corrected chi connectivity index (χ0v) is 9.04. The van der Waals surface area contributed by atoms with Crippen molar-refractivity contribution in [3.05, 3.63) is 0 Å². The number of carbonyl (C=O) groups is 1. The number of alkyl halides is 2. The zero-order valence-electron chi connectivity index (χ0n) is 9.04. The van der Waals surface area contributed by atoms with E-state index < -0.39 is 23.9 Å². The molecule has 0 saturated carbocycles. The maximum Gasteiger partial charge on any atom is 0.252 e. The number of amides is 1. The fraction of sp³-hybridized carbons (Fsp3) is 0.900. The minimum atomic E-state index is -2.68. The highest BCUT2D eigenvalue weighted by atomic mass is 19.3. The zero-order chi connectivity index (χ0) is 11.6. The van der Waals surface area contributed by atoms with Crippen molar-refractivity contribution in [1.29, 1.82) is 0 Å². The molecule has 1 fully saturated rings. The molecular formula is C10H17F2NO2. The predicted molar refractivity (Wildman–Crippen MR) is 51.6 cm³/mol. The SMILES string of the molecule is CC(C)(C(=O)N1CCC[C@H](O)C1)C(F)F. The third-order valence-corrected chi connectivity index (χ3v) is 2.78. The van der Waals surface area contributed by atoms with Gasteiger partial charge in [-0.15, -0.1) is 0 Å². The Morgan fingerprint density at radius 1 is 1.53 bits per heavy atom. The van der Waals surface area contributed by atoms with Crippen molar-refractivity contribution >= 4 is 5.91 Å². The van der Waals surface area contributed by atoms with E-state index in [2.05, 4.69) is 0 Å². The summed E-state index contributed by atoms with van der Waals surface area (Å²) in [5.74, 6) is -0.573. The number of nitrogens with zero attached hydrogens (tertiary/aromatic N) is 1. The van der Waals surface area contributed by atoms with E-state index in [4.69, 9.17) is 0 Å². The van der Waals surface area contributed by atoms with Crippen LogP contribution in [0.1, 0.15) is 26.7 Å². The molecule has 0 aromatic carbocycles. The summed E-state index contributed by atoms with van der Waals surface area (Å²) in [6.45, 7) is 3.11. The average molecular weight is 221 g/mol. The van der Waals surface area contributed by atoms with Gasteiger partial charge < -0.3 is 10.0 Å². The summed E-state index contributed by atoms with van der Waals surface area (Å²) in [4.78, 5) is 13.1. The van der Waals surface area contributed by atoms with Crippen LogP contribution < -0.4 is 0 Å². The van der Waals surface area contributed by atoms with Gasteiger partial charge in [0, 0.05) is 13.1 Å². The lowest BCUT2D eigenvalue weighted by Gasteiger charge is -2.35. The third kappa shape index (κ3) is 2.65. The maximum atomic E-state index is 12.6. The summed E-state index contributed by atoms with van der Waals surface area (Å²) in [5.41, 5.74) is -1.66. The normalized spacial score (nSPS) is 23.3. The largest absolute Gasteiger partial charge is 0.391 e. The third-order valence-electron chi connectivity index (χ3n) is 2.78. The minimum Gasteiger partial charge on any atom is -0.391 e. The molecule has 0 aromatic rings. The van der Waals surface area contributed by atoms with Crippen molar-refractivity contribution in [3.8, 4) is 0 Å². The number of piperidine rings is 1. The molecule has 88 valence electrons. The van der Waals surface area contributed by atoms with Crippen LogP contribution in [0.5, 0.6) is 0 Å². The molecular weight excluding hydrogens is 204 g/mol. The molecule has 1 heterocycles. The summed E-state index contributed by atoms with van der Waals surface area (Å²) >= 11 is 0. The lowest BCUT2D eigenvalue weighted by atomic mass is 9.91. The van der Waals surface area contributed by atoms with Gasteiger partial charge in [-0.1, -0.05) is 0 Å². The van der Waals surface area contributed by atoms with E-state index in [1.165, 1.54) is 18.7 Å². The number of carbonyl (C=O) groups excluding carboxylic acids is 1. The lowest BCUT2D eigenvalue weighted by molar-refractivity contribution is -0.151. The first kappa shape index (κ1) is 12.4. The highest BCUT2D eigenvalue weighted by molar-refractivity contribution is 5.82. The van der Waals surface area contributed by atoms with E-state index in [1.807, 2.05) is 0 Å². The monoisotopic (exact) mass is 221 g/mol. The van der Waals surface area contributed by atoms with Crippen molar-refractivity contribution < 1.29 is 18.7 Å². The molecule has 1 saturated heterocycles. The van der Waals surface area contributed by atoms with E-state index in [0.717, 1.165) is 0 Å². The fourth-order valence-corrected chi connectivity index (χ4v) is 1.64. The van der Waals surface area contributed by atoms with Crippen molar-refractivity contribution in [2.75, 3.05) is 13.1 Å². The Bertz CT molecular complexity index is 244. The molecule has 1 atom stereocenters. The number of likely N-dealkylation sites (tertiary alicyclic amines) is 1. The molecule has 3 nitrogen and oxygen atoms in total. The molecule has 0 bridgehead atoms. The Hall–Kier alpha value is -0.710. The number of rotatable bonds is 2. The fourth-order valence-electron chi connectivity index (χ4n) is 1.64. The highest BCUT2D eigenvalue weighted by Gasteiger charge is 2.41. The number of β-amino-alcohol motifs (C(OH)–C–C–N with tert-alkyl or cyclic N) is 1. The van der Waals surface area contributed by atoms with Crippen LogP contribution in [0.25, 0.3) is 0 Å². The first-order valence-electron chi connectivity index (χ1n) is 5.11. The Labute approximate surface area is 88.1 Å². The molecule has 0 aliphatic carbocycles. The second kappa shape index (κ2) is 4.43. The number of hydrogen-bond donors (Lipinski definition) is 1. The van der Waals surface area contributed by atoms with Gasteiger partial charge >= 0.3 is 0 Å². The van der Waals surface area contributed by atoms with Gasteiger partial charge in [0.15, 0.2) is 0 Å². The molecule has 1 aliphatic heterocycles. The van der Waals surface area contributed by atoms with E-state index in [1.54, 1.807) is 0 Å². The molecule has 5 heteroatoms. The molecule has 0 radical (unpaired) electrons. The molecule has 1 rings (SSSR count). The molecule has 1 amide bonds. The minimum absolute atomic E-state index is 0.176. The molecule has 0 aromatic heterocycles. The smallest absolute Gasteiger partial charge is 0.252 e. The van der Waals surface area contributed by atoms with Gasteiger partial charge in [0.2, 0.25) is 5.91 Å². The number of halogens is 2. The summed E-state index contributed by atoms with van der Waals surface area (Å²) in [5, 5.41) is 9.35. The first-order chi connectivity index (χ1) is 6.85. The van der Waals surface area contributed by atoms with Gasteiger partial charge in [-0.25, -0.2) is 8.78 Å². The van der Waals surface area contributed by atoms with Crippen molar-refractivity contribution in [1.82, 2.24) is 4.90 Å². The van der Waals surface area contributed by atoms with Crippen LogP contribution in [0.15, 0.2) is 0 Å². The molecule has 15 heavy (non-hydrogen) atoms. The van der Waals surface area contributed by atoms with Crippen LogP contribution in [0.4, 0.5) is 8.78 Å². The van der Waals surface area contributed by atoms with Gasteiger partial charge in [-0.2, -0.15) is 0 Å². The van der Waals surface area contributed by atoms with Crippen LogP contribution in [-0.2, 0) is 4.79 Å². The molecule has 1 aliphatic rings. The van der Waals surface area contributed by atoms with Gasteiger partial charge in [0.05, 0.1) is 6.10 Å². The number of aliphatic hydroxyl groups excluding tert-OH is 1. The quantitative estimate of drug-likeness (QED) is 0.762. The second-order valence-electron chi connectivity index (χ2n) is 4.57. The summed E-state index contributed by atoms with van der Waals surface area (Å²) < 4.78 is 25.2. The van der Waals surface area contributed by atoms with Crippen LogP contribution in [0.2, 0.25) is 0 Å². The van der Waals surface area contributed by atoms with Crippen LogP contribution in [0.3, 0.4) is 0 Å². The first-order valence-corrected chi connectivity index (χ1v) is 5.11. The highest BCUT2D eigenvalue weighted by Crippen LogP contribution is 2.28. The van der Waals surface area contributed by atoms with Crippen molar-refractivity contribution in [3.63, 3.8) is 0 Å². The average Bonchev–Trinajstić information content (AvgIpc) is 2.16. The molecule has 0 spiro atoms. The summed E-state index contributed by atoms with van der Waals surface area (Å²) in [6.07, 6.45) is -1.94. The van der Waals surface area contributed by atoms with Crippen LogP contribution in [0, 0.1) is 5.41 Å². The van der Waals surface area contributed by atoms with E-state index >= 15 is 0 Å². The lowest BCUT2D eigenvalue weighted by Crippen LogP contribution is -2.49. The van der Waals surface area contributed by atoms with Gasteiger partial charge in [0.25, 0.3) is 6.43 Å². The number of aliphatic hydroxyl groups is 1.